The van der Waals surface area contributed by atoms with Gasteiger partial charge in [-0.2, -0.15) is 0 Å². The van der Waals surface area contributed by atoms with Crippen molar-refractivity contribution in [3.63, 3.8) is 0 Å². The lowest BCUT2D eigenvalue weighted by Gasteiger charge is -2.42. The fraction of sp³-hybridized carbons (Fsp3) is 0.188. The van der Waals surface area contributed by atoms with Gasteiger partial charge in [-0.3, -0.25) is 4.90 Å². The number of nitrogens with zero attached hydrogens (tertiary/aromatic N) is 1. The zero-order valence-electron chi connectivity index (χ0n) is 43.2. The summed E-state index contributed by atoms with van der Waals surface area (Å²) in [6.07, 6.45) is 2.34. The minimum atomic E-state index is -0.533. The molecule has 0 unspecified atom stereocenters. The Labute approximate surface area is 438 Å². The third-order valence-corrected chi connectivity index (χ3v) is 18.9. The maximum Gasteiger partial charge on any atom is 0.200 e. The molecule has 0 amide bonds. The second kappa shape index (κ2) is 15.2. The summed E-state index contributed by atoms with van der Waals surface area (Å²) in [6.45, 7) is 16.8. The SMILES string of the molecule is CC(C)(C)c1ccc(N2c3sc4cc5c(cc4c3Bc3c(-c4cccc6c4Nc4ccccc4C64c6ccccc6-c6ccccc64)cc4c(oc6ccccc64)c32)C(C)(C)CCC5(C)C)c(-c2ccccc2)c1. The minimum absolute atomic E-state index is 0.0573. The monoisotopic (exact) mass is 972 g/mol. The molecule has 4 aliphatic rings. The van der Waals surface area contributed by atoms with Gasteiger partial charge in [0.05, 0.1) is 27.5 Å². The summed E-state index contributed by atoms with van der Waals surface area (Å²) < 4.78 is 8.65. The van der Waals surface area contributed by atoms with Crippen LogP contribution in [0.4, 0.5) is 27.8 Å². The maximum atomic E-state index is 7.30. The van der Waals surface area contributed by atoms with E-state index >= 15 is 0 Å². The average Bonchev–Trinajstić information content (AvgIpc) is 4.10. The molecule has 0 fully saturated rings. The van der Waals surface area contributed by atoms with Gasteiger partial charge in [0, 0.05) is 32.3 Å². The first-order valence-corrected chi connectivity index (χ1v) is 27.4. The van der Waals surface area contributed by atoms with Gasteiger partial charge in [-0.05, 0) is 149 Å². The molecule has 1 spiro atoms. The quantitative estimate of drug-likeness (QED) is 0.179. The van der Waals surface area contributed by atoms with Crippen molar-refractivity contribution in [2.45, 2.75) is 83.0 Å². The second-order valence-electron chi connectivity index (χ2n) is 23.9. The van der Waals surface area contributed by atoms with Crippen molar-refractivity contribution in [3.05, 3.63) is 221 Å². The molecule has 1 N–H and O–H groups in total. The Bertz CT molecular complexity index is 4160. The van der Waals surface area contributed by atoms with Gasteiger partial charge in [0.1, 0.15) is 5.58 Å². The number of anilines is 5. The standard InChI is InChI=1S/C69H57BN2OS/c1-66(2,3)41-32-33-57(46(36-41)40-20-9-8-10-21-40)72-63-60(70-61-49-38-54-55(39-59(49)74-65(61)72)68(6,7)35-34-67(54,4)5)47(37-48-44-24-13-18-31-58(44)73-64(48)63)45-25-19-29-53-62(45)71-56-30-17-16-28-52(56)69(53)50-26-14-11-22-42(50)43-23-12-15-27-51(43)69/h8-33,36-39,70-71H,34-35H2,1-7H3. The summed E-state index contributed by atoms with van der Waals surface area (Å²) in [7, 11) is 0.754. The molecule has 5 heteroatoms. The molecule has 11 aromatic rings. The number of furan rings is 1. The minimum Gasteiger partial charge on any atom is -0.454 e. The van der Waals surface area contributed by atoms with Gasteiger partial charge in [-0.15, -0.1) is 11.3 Å². The Hall–Kier alpha value is -7.60. The summed E-state index contributed by atoms with van der Waals surface area (Å²) in [6, 6.07) is 69.0. The maximum absolute atomic E-state index is 7.30. The normalized spacial score (nSPS) is 16.2. The van der Waals surface area contributed by atoms with Crippen molar-refractivity contribution < 1.29 is 4.42 Å². The van der Waals surface area contributed by atoms with E-state index in [1.807, 2.05) is 11.3 Å². The van der Waals surface area contributed by atoms with Crippen LogP contribution >= 0.6 is 11.3 Å². The van der Waals surface area contributed by atoms with Crippen molar-refractivity contribution in [2.24, 2.45) is 0 Å². The predicted octanol–water partition coefficient (Wildman–Crippen LogP) is 17.4. The molecule has 0 atom stereocenters. The average molecular weight is 973 g/mol. The first kappa shape index (κ1) is 43.9. The number of thiophene rings is 1. The first-order chi connectivity index (χ1) is 35.8. The molecular weight excluding hydrogens is 916 g/mol. The molecule has 9 aromatic carbocycles. The van der Waals surface area contributed by atoms with Crippen LogP contribution in [0.25, 0.3) is 65.4 Å². The lowest BCUT2D eigenvalue weighted by molar-refractivity contribution is 0.332. The van der Waals surface area contributed by atoms with E-state index in [9.17, 15) is 0 Å². The molecule has 0 bridgehead atoms. The number of rotatable bonds is 3. The highest BCUT2D eigenvalue weighted by molar-refractivity contribution is 7.25. The van der Waals surface area contributed by atoms with Crippen LogP contribution < -0.4 is 21.1 Å². The molecule has 0 saturated carbocycles. The van der Waals surface area contributed by atoms with Crippen molar-refractivity contribution in [2.75, 3.05) is 10.2 Å². The fourth-order valence-electron chi connectivity index (χ4n) is 13.9. The molecule has 2 aromatic heterocycles. The predicted molar refractivity (Wildman–Crippen MR) is 316 cm³/mol. The van der Waals surface area contributed by atoms with Gasteiger partial charge < -0.3 is 9.73 Å². The lowest BCUT2D eigenvalue weighted by atomic mass is 9.57. The van der Waals surface area contributed by atoms with E-state index in [0.717, 1.165) is 52.0 Å². The largest absolute Gasteiger partial charge is 0.454 e. The zero-order valence-corrected chi connectivity index (χ0v) is 44.0. The van der Waals surface area contributed by atoms with Crippen molar-refractivity contribution in [1.29, 1.82) is 0 Å². The Kier molecular flexibility index (Phi) is 9.05. The summed E-state index contributed by atoms with van der Waals surface area (Å²) in [5, 5.41) is 9.04. The highest BCUT2D eigenvalue weighted by Crippen LogP contribution is 2.62. The molecular formula is C69H57BN2OS. The van der Waals surface area contributed by atoms with Gasteiger partial charge in [-0.25, -0.2) is 0 Å². The second-order valence-corrected chi connectivity index (χ2v) is 24.9. The number of nitrogens with one attached hydrogen (secondary N) is 1. The number of hydrogen-bond donors (Lipinski definition) is 1. The molecule has 358 valence electrons. The van der Waals surface area contributed by atoms with E-state index in [1.165, 1.54) is 111 Å². The molecule has 4 heterocycles. The summed E-state index contributed by atoms with van der Waals surface area (Å²) in [5.41, 5.74) is 25.5. The van der Waals surface area contributed by atoms with Gasteiger partial charge in [-0.1, -0.05) is 188 Å². The molecule has 0 saturated heterocycles. The van der Waals surface area contributed by atoms with E-state index in [-0.39, 0.29) is 16.2 Å². The van der Waals surface area contributed by atoms with Crippen molar-refractivity contribution in [3.8, 4) is 33.4 Å². The third-order valence-electron chi connectivity index (χ3n) is 17.8. The molecule has 15 rings (SSSR count). The van der Waals surface area contributed by atoms with Gasteiger partial charge in [0.25, 0.3) is 0 Å². The third kappa shape index (κ3) is 5.96. The van der Waals surface area contributed by atoms with Crippen molar-refractivity contribution in [1.82, 2.24) is 0 Å². The van der Waals surface area contributed by atoms with E-state index in [1.54, 1.807) is 0 Å². The van der Waals surface area contributed by atoms with E-state index in [0.29, 0.717) is 0 Å². The van der Waals surface area contributed by atoms with Crippen LogP contribution in [0.1, 0.15) is 100 Å². The Morgan fingerprint density at radius 3 is 1.91 bits per heavy atom. The van der Waals surface area contributed by atoms with Gasteiger partial charge >= 0.3 is 0 Å². The number of benzene rings is 9. The Balaban J connectivity index is 1.08. The highest BCUT2D eigenvalue weighted by Gasteiger charge is 2.51. The zero-order chi connectivity index (χ0) is 50.0. The van der Waals surface area contributed by atoms with Gasteiger partial charge in [0.15, 0.2) is 5.58 Å². The van der Waals surface area contributed by atoms with Crippen LogP contribution in [0, 0.1) is 0 Å². The van der Waals surface area contributed by atoms with Gasteiger partial charge in [0.2, 0.25) is 7.28 Å². The van der Waals surface area contributed by atoms with Crippen LogP contribution in [0.3, 0.4) is 0 Å². The van der Waals surface area contributed by atoms with Crippen LogP contribution in [0.2, 0.25) is 0 Å². The number of hydrogen-bond acceptors (Lipinski definition) is 4. The van der Waals surface area contributed by atoms with E-state index < -0.39 is 5.41 Å². The molecule has 2 aliphatic heterocycles. The fourth-order valence-corrected chi connectivity index (χ4v) is 15.1. The number of para-hydroxylation sites is 3. The van der Waals surface area contributed by atoms with Crippen LogP contribution in [0.5, 0.6) is 0 Å². The molecule has 3 nitrogen and oxygen atoms in total. The van der Waals surface area contributed by atoms with E-state index in [4.69, 9.17) is 4.42 Å². The highest BCUT2D eigenvalue weighted by atomic mass is 32.1. The van der Waals surface area contributed by atoms with Crippen molar-refractivity contribution >= 4 is 89.3 Å². The Morgan fingerprint density at radius 1 is 0.527 bits per heavy atom. The molecule has 74 heavy (non-hydrogen) atoms. The smallest absolute Gasteiger partial charge is 0.200 e. The summed E-state index contributed by atoms with van der Waals surface area (Å²) >= 11 is 1.96. The lowest BCUT2D eigenvalue weighted by Crippen LogP contribution is -2.40. The topological polar surface area (TPSA) is 28.4 Å². The number of fused-ring (bicyclic) bond motifs is 18. The van der Waals surface area contributed by atoms with Crippen LogP contribution in [-0.2, 0) is 21.7 Å². The van der Waals surface area contributed by atoms with Crippen LogP contribution in [-0.4, -0.2) is 7.28 Å². The van der Waals surface area contributed by atoms with Crippen LogP contribution in [0.15, 0.2) is 186 Å². The summed E-state index contributed by atoms with van der Waals surface area (Å²) in [4.78, 5) is 2.64. The molecule has 2 aliphatic carbocycles. The Morgan fingerprint density at radius 2 is 1.16 bits per heavy atom. The summed E-state index contributed by atoms with van der Waals surface area (Å²) in [5.74, 6) is 0. The first-order valence-electron chi connectivity index (χ1n) is 26.6. The van der Waals surface area contributed by atoms with E-state index in [2.05, 4.69) is 241 Å². The molecule has 0 radical (unpaired) electrons.